The molecule has 0 spiro atoms. The quantitative estimate of drug-likeness (QED) is 0.439. The number of amides is 1. The largest absolute Gasteiger partial charge is 0.445 e. The van der Waals surface area contributed by atoms with Crippen molar-refractivity contribution >= 4 is 69.8 Å². The second-order valence-electron chi connectivity index (χ2n) is 4.95. The van der Waals surface area contributed by atoms with E-state index in [1.807, 2.05) is 30.3 Å². The first-order valence-corrected chi connectivity index (χ1v) is 8.90. The molecule has 0 fully saturated rings. The number of alkyl carbamates (subject to hydrolysis) is 1. The van der Waals surface area contributed by atoms with E-state index in [2.05, 4.69) is 10.6 Å². The molecule has 2 N–H and O–H groups in total. The summed E-state index contributed by atoms with van der Waals surface area (Å²) in [6.07, 6.45) is -1.84. The maximum absolute atomic E-state index is 12.0. The smallest absolute Gasteiger partial charge is 0.409 e. The van der Waals surface area contributed by atoms with Crippen molar-refractivity contribution < 1.29 is 9.53 Å². The lowest BCUT2D eigenvalue weighted by Gasteiger charge is -2.27. The lowest BCUT2D eigenvalue weighted by Crippen LogP contribution is -2.49. The Morgan fingerprint density at radius 3 is 2.36 bits per heavy atom. The number of hydrogen-bond acceptors (Lipinski definition) is 3. The molecule has 0 heterocycles. The highest BCUT2D eigenvalue weighted by Gasteiger charge is 2.35. The number of hydrogen-bond donors (Lipinski definition) is 2. The summed E-state index contributed by atoms with van der Waals surface area (Å²) >= 11 is 29.7. The zero-order valence-electron chi connectivity index (χ0n) is 12.6. The predicted octanol–water partition coefficient (Wildman–Crippen LogP) is 6.03. The monoisotopic (exact) mass is 440 g/mol. The maximum Gasteiger partial charge on any atom is 0.409 e. The van der Waals surface area contributed by atoms with Crippen molar-refractivity contribution in [1.82, 2.24) is 5.32 Å². The molecular weight excluding hydrogens is 429 g/mol. The van der Waals surface area contributed by atoms with Crippen LogP contribution in [-0.4, -0.2) is 16.1 Å². The van der Waals surface area contributed by atoms with Crippen LogP contribution in [0, 0.1) is 0 Å². The van der Waals surface area contributed by atoms with Gasteiger partial charge in [-0.25, -0.2) is 4.79 Å². The molecular formula is C16H13Cl5N2O2. The number of nitrogens with one attached hydrogen (secondary N) is 2. The van der Waals surface area contributed by atoms with Gasteiger partial charge in [0.25, 0.3) is 0 Å². The Labute approximate surface area is 170 Å². The molecule has 2 aromatic rings. The lowest BCUT2D eigenvalue weighted by molar-refractivity contribution is 0.137. The van der Waals surface area contributed by atoms with E-state index in [9.17, 15) is 4.79 Å². The van der Waals surface area contributed by atoms with Crippen LogP contribution in [-0.2, 0) is 11.3 Å². The fraction of sp³-hybridized carbons (Fsp3) is 0.188. The van der Waals surface area contributed by atoms with Gasteiger partial charge in [0.15, 0.2) is 0 Å². The van der Waals surface area contributed by atoms with Crippen LogP contribution in [0.4, 0.5) is 10.5 Å². The van der Waals surface area contributed by atoms with Gasteiger partial charge in [-0.1, -0.05) is 88.3 Å². The summed E-state index contributed by atoms with van der Waals surface area (Å²) in [6.45, 7) is 0.0843. The van der Waals surface area contributed by atoms with Crippen molar-refractivity contribution in [3.63, 3.8) is 0 Å². The second kappa shape index (κ2) is 9.06. The molecule has 2 aromatic carbocycles. The summed E-state index contributed by atoms with van der Waals surface area (Å²) in [7, 11) is 0. The molecule has 134 valence electrons. The van der Waals surface area contributed by atoms with Crippen LogP contribution in [0.1, 0.15) is 5.56 Å². The van der Waals surface area contributed by atoms with Gasteiger partial charge in [0, 0.05) is 5.02 Å². The molecule has 4 nitrogen and oxygen atoms in total. The van der Waals surface area contributed by atoms with Gasteiger partial charge in [0.1, 0.15) is 12.8 Å². The van der Waals surface area contributed by atoms with E-state index >= 15 is 0 Å². The number of carbonyl (C=O) groups excluding carboxylic acids is 1. The topological polar surface area (TPSA) is 50.4 Å². The molecule has 0 aromatic heterocycles. The van der Waals surface area contributed by atoms with Gasteiger partial charge in [-0.05, 0) is 23.8 Å². The van der Waals surface area contributed by atoms with Gasteiger partial charge in [-0.15, -0.1) is 0 Å². The van der Waals surface area contributed by atoms with E-state index < -0.39 is 16.1 Å². The third-order valence-electron chi connectivity index (χ3n) is 3.03. The van der Waals surface area contributed by atoms with Gasteiger partial charge >= 0.3 is 6.09 Å². The van der Waals surface area contributed by atoms with Crippen molar-refractivity contribution in [2.45, 2.75) is 16.6 Å². The Morgan fingerprint density at radius 1 is 1.08 bits per heavy atom. The van der Waals surface area contributed by atoms with Crippen LogP contribution < -0.4 is 10.6 Å². The zero-order chi connectivity index (χ0) is 18.4. The number of ether oxygens (including phenoxy) is 1. The van der Waals surface area contributed by atoms with Crippen LogP contribution >= 0.6 is 58.0 Å². The summed E-state index contributed by atoms with van der Waals surface area (Å²) in [5.74, 6) is 0. The van der Waals surface area contributed by atoms with Crippen molar-refractivity contribution in [3.8, 4) is 0 Å². The van der Waals surface area contributed by atoms with E-state index in [0.29, 0.717) is 15.7 Å². The van der Waals surface area contributed by atoms with Crippen molar-refractivity contribution in [2.75, 3.05) is 5.32 Å². The Morgan fingerprint density at radius 2 is 1.76 bits per heavy atom. The van der Waals surface area contributed by atoms with Gasteiger partial charge < -0.3 is 10.1 Å². The molecule has 0 bridgehead atoms. The zero-order valence-corrected chi connectivity index (χ0v) is 16.4. The molecule has 0 aliphatic rings. The fourth-order valence-electron chi connectivity index (χ4n) is 1.84. The molecule has 1 amide bonds. The van der Waals surface area contributed by atoms with Crippen molar-refractivity contribution in [2.24, 2.45) is 0 Å². The minimum absolute atomic E-state index is 0.0843. The van der Waals surface area contributed by atoms with Gasteiger partial charge in [0.05, 0.1) is 10.7 Å². The van der Waals surface area contributed by atoms with E-state index in [-0.39, 0.29) is 6.61 Å². The summed E-state index contributed by atoms with van der Waals surface area (Å²) in [5.41, 5.74) is 1.27. The van der Waals surface area contributed by atoms with E-state index in [1.165, 1.54) is 6.07 Å². The minimum Gasteiger partial charge on any atom is -0.445 e. The van der Waals surface area contributed by atoms with Gasteiger partial charge in [-0.2, -0.15) is 0 Å². The SMILES string of the molecule is O=C(N[C@@H](Nc1ccc(Cl)cc1Cl)C(Cl)(Cl)Cl)OCc1ccccc1. The number of rotatable bonds is 5. The van der Waals surface area contributed by atoms with Crippen LogP contribution in [0.2, 0.25) is 10.0 Å². The first-order valence-electron chi connectivity index (χ1n) is 7.01. The van der Waals surface area contributed by atoms with Gasteiger partial charge in [0.2, 0.25) is 3.79 Å². The molecule has 0 radical (unpaired) electrons. The minimum atomic E-state index is -1.85. The molecule has 0 saturated carbocycles. The van der Waals surface area contributed by atoms with Crippen LogP contribution in [0.15, 0.2) is 48.5 Å². The Hall–Kier alpha value is -1.04. The molecule has 0 aliphatic carbocycles. The van der Waals surface area contributed by atoms with Crippen LogP contribution in [0.3, 0.4) is 0 Å². The predicted molar refractivity (Wildman–Crippen MR) is 104 cm³/mol. The Balaban J connectivity index is 2.01. The molecule has 25 heavy (non-hydrogen) atoms. The first kappa shape index (κ1) is 20.3. The number of carbonyl (C=O) groups is 1. The Kier molecular flexibility index (Phi) is 7.35. The molecule has 0 saturated heterocycles. The summed E-state index contributed by atoms with van der Waals surface area (Å²) in [4.78, 5) is 12.0. The van der Waals surface area contributed by atoms with Crippen LogP contribution in [0.25, 0.3) is 0 Å². The molecule has 0 unspecified atom stereocenters. The van der Waals surface area contributed by atoms with E-state index in [1.54, 1.807) is 12.1 Å². The third-order valence-corrected chi connectivity index (χ3v) is 4.24. The second-order valence-corrected chi connectivity index (χ2v) is 8.16. The Bertz CT molecular complexity index is 722. The van der Waals surface area contributed by atoms with E-state index in [4.69, 9.17) is 62.7 Å². The average Bonchev–Trinajstić information content (AvgIpc) is 2.54. The number of alkyl halides is 3. The summed E-state index contributed by atoms with van der Waals surface area (Å²) in [6, 6.07) is 13.9. The highest BCUT2D eigenvalue weighted by Crippen LogP contribution is 2.33. The van der Waals surface area contributed by atoms with Gasteiger partial charge in [-0.3, -0.25) is 5.32 Å². The maximum atomic E-state index is 12.0. The third kappa shape index (κ3) is 6.65. The highest BCUT2D eigenvalue weighted by molar-refractivity contribution is 6.68. The number of benzene rings is 2. The molecule has 0 aliphatic heterocycles. The average molecular weight is 443 g/mol. The van der Waals surface area contributed by atoms with E-state index in [0.717, 1.165) is 5.56 Å². The fourth-order valence-corrected chi connectivity index (χ4v) is 2.63. The highest BCUT2D eigenvalue weighted by atomic mass is 35.6. The van der Waals surface area contributed by atoms with Crippen LogP contribution in [0.5, 0.6) is 0 Å². The summed E-state index contributed by atoms with van der Waals surface area (Å²) in [5, 5.41) is 6.07. The van der Waals surface area contributed by atoms with Crippen molar-refractivity contribution in [1.29, 1.82) is 0 Å². The molecule has 9 heteroatoms. The van der Waals surface area contributed by atoms with Crippen molar-refractivity contribution in [3.05, 3.63) is 64.1 Å². The first-order chi connectivity index (χ1) is 11.8. The lowest BCUT2D eigenvalue weighted by atomic mass is 10.2. The number of halogens is 5. The summed E-state index contributed by atoms with van der Waals surface area (Å²) < 4.78 is 3.27. The number of anilines is 1. The normalized spacial score (nSPS) is 12.4. The molecule has 1 atom stereocenters. The standard InChI is InChI=1S/C16H13Cl5N2O2/c17-11-6-7-13(12(18)8-11)22-14(16(19,20)21)23-15(24)25-9-10-4-2-1-3-5-10/h1-8,14,22H,9H2,(H,23,24)/t14-/m1/s1. The molecule has 2 rings (SSSR count).